The molecule has 0 fully saturated rings. The smallest absolute Gasteiger partial charge is 0.0467 e. The van der Waals surface area contributed by atoms with E-state index >= 15 is 0 Å². The molecule has 1 nitrogen and oxygen atoms in total. The van der Waals surface area contributed by atoms with Gasteiger partial charge in [-0.15, -0.1) is 6.58 Å². The minimum absolute atomic E-state index is 0.376. The molecular weight excluding hydrogens is 242 g/mol. The van der Waals surface area contributed by atoms with E-state index in [0.29, 0.717) is 12.0 Å². The number of hydrogen-bond acceptors (Lipinski definition) is 1. The first-order valence-electron chi connectivity index (χ1n) is 7.60. The van der Waals surface area contributed by atoms with E-state index in [1.807, 2.05) is 6.08 Å². The van der Waals surface area contributed by atoms with Crippen LogP contribution in [0, 0.1) is 5.92 Å². The van der Waals surface area contributed by atoms with Gasteiger partial charge >= 0.3 is 0 Å². The summed E-state index contributed by atoms with van der Waals surface area (Å²) in [5.41, 5.74) is 1.26. The van der Waals surface area contributed by atoms with Crippen LogP contribution in [0.1, 0.15) is 47.0 Å². The Bertz CT molecular complexity index is 356. The van der Waals surface area contributed by atoms with Gasteiger partial charge in [0.05, 0.1) is 0 Å². The van der Waals surface area contributed by atoms with Gasteiger partial charge in [-0.3, -0.25) is 0 Å². The van der Waals surface area contributed by atoms with E-state index in [4.69, 9.17) is 0 Å². The highest BCUT2D eigenvalue weighted by atomic mass is 14.9. The molecule has 1 atom stereocenters. The molecule has 112 valence electrons. The Kier molecular flexibility index (Phi) is 11.6. The Morgan fingerprint density at radius 1 is 1.15 bits per heavy atom. The molecule has 0 aliphatic carbocycles. The monoisotopic (exact) mass is 273 g/mol. The second-order valence-electron chi connectivity index (χ2n) is 5.29. The molecule has 0 aromatic rings. The quantitative estimate of drug-likeness (QED) is 0.312. The van der Waals surface area contributed by atoms with E-state index in [1.165, 1.54) is 5.70 Å². The highest BCUT2D eigenvalue weighted by Gasteiger charge is 2.08. The zero-order valence-electron chi connectivity index (χ0n) is 13.6. The van der Waals surface area contributed by atoms with Crippen LogP contribution in [-0.4, -0.2) is 6.04 Å². The van der Waals surface area contributed by atoms with Gasteiger partial charge in [-0.1, -0.05) is 62.5 Å². The summed E-state index contributed by atoms with van der Waals surface area (Å²) < 4.78 is 0. The minimum atomic E-state index is 0.376. The predicted octanol–water partition coefficient (Wildman–Crippen LogP) is 5.55. The van der Waals surface area contributed by atoms with Gasteiger partial charge in [-0.25, -0.2) is 0 Å². The van der Waals surface area contributed by atoms with Crippen molar-refractivity contribution in [2.24, 2.45) is 5.92 Å². The van der Waals surface area contributed by atoms with Crippen molar-refractivity contribution < 1.29 is 0 Å². The molecule has 0 spiro atoms. The lowest BCUT2D eigenvalue weighted by Gasteiger charge is -2.20. The van der Waals surface area contributed by atoms with Crippen LogP contribution in [0.5, 0.6) is 0 Å². The Balaban J connectivity index is 4.35. The third-order valence-corrected chi connectivity index (χ3v) is 3.00. The van der Waals surface area contributed by atoms with Gasteiger partial charge < -0.3 is 5.32 Å². The number of unbranched alkanes of at least 4 members (excludes halogenated alkanes) is 1. The van der Waals surface area contributed by atoms with Gasteiger partial charge in [0.1, 0.15) is 0 Å². The SMILES string of the molecule is C=CC/C=C\C=C\C(N/C(C)=C\CC/C=C\C)C(C)C. The van der Waals surface area contributed by atoms with Gasteiger partial charge in [0.25, 0.3) is 0 Å². The van der Waals surface area contributed by atoms with Crippen molar-refractivity contribution in [1.82, 2.24) is 5.32 Å². The third-order valence-electron chi connectivity index (χ3n) is 3.00. The maximum atomic E-state index is 3.70. The Morgan fingerprint density at radius 3 is 2.50 bits per heavy atom. The lowest BCUT2D eigenvalue weighted by atomic mass is 10.0. The molecule has 1 N–H and O–H groups in total. The van der Waals surface area contributed by atoms with Crippen molar-refractivity contribution in [2.75, 3.05) is 0 Å². The van der Waals surface area contributed by atoms with Crippen LogP contribution < -0.4 is 5.32 Å². The summed E-state index contributed by atoms with van der Waals surface area (Å²) in [5, 5.41) is 3.58. The summed E-state index contributed by atoms with van der Waals surface area (Å²) in [7, 11) is 0. The summed E-state index contributed by atoms with van der Waals surface area (Å²) in [6.07, 6.45) is 20.2. The van der Waals surface area contributed by atoms with Gasteiger partial charge in [0.15, 0.2) is 0 Å². The predicted molar refractivity (Wildman–Crippen MR) is 92.7 cm³/mol. The maximum Gasteiger partial charge on any atom is 0.0467 e. The third kappa shape index (κ3) is 10.4. The number of nitrogens with one attached hydrogen (secondary N) is 1. The van der Waals surface area contributed by atoms with Crippen LogP contribution in [0.4, 0.5) is 0 Å². The highest BCUT2D eigenvalue weighted by molar-refractivity contribution is 5.11. The number of allylic oxidation sites excluding steroid dienone is 8. The first-order valence-corrected chi connectivity index (χ1v) is 7.60. The largest absolute Gasteiger partial charge is 0.382 e. The molecule has 0 aromatic carbocycles. The summed E-state index contributed by atoms with van der Waals surface area (Å²) in [5.74, 6) is 0.568. The molecule has 0 aromatic heterocycles. The molecule has 0 rings (SSSR count). The number of hydrogen-bond donors (Lipinski definition) is 1. The number of rotatable bonds is 10. The minimum Gasteiger partial charge on any atom is -0.382 e. The Labute approximate surface area is 125 Å². The van der Waals surface area contributed by atoms with E-state index in [0.717, 1.165) is 19.3 Å². The molecule has 0 bridgehead atoms. The first kappa shape index (κ1) is 18.5. The average molecular weight is 273 g/mol. The zero-order chi connectivity index (χ0) is 15.2. The molecular formula is C19H31N. The lowest BCUT2D eigenvalue weighted by Crippen LogP contribution is -2.30. The first-order chi connectivity index (χ1) is 9.61. The van der Waals surface area contributed by atoms with Crippen LogP contribution >= 0.6 is 0 Å². The van der Waals surface area contributed by atoms with Crippen LogP contribution in [0.25, 0.3) is 0 Å². The Hall–Kier alpha value is -1.50. The van der Waals surface area contributed by atoms with E-state index < -0.39 is 0 Å². The van der Waals surface area contributed by atoms with E-state index in [1.54, 1.807) is 0 Å². The van der Waals surface area contributed by atoms with Gasteiger partial charge in [-0.05, 0) is 39.0 Å². The van der Waals surface area contributed by atoms with Crippen molar-refractivity contribution in [3.05, 3.63) is 60.9 Å². The molecule has 0 amide bonds. The summed E-state index contributed by atoms with van der Waals surface area (Å²) in [6.45, 7) is 12.4. The van der Waals surface area contributed by atoms with Crippen LogP contribution in [0.2, 0.25) is 0 Å². The fourth-order valence-electron chi connectivity index (χ4n) is 1.76. The molecule has 1 unspecified atom stereocenters. The van der Waals surface area contributed by atoms with E-state index in [2.05, 4.69) is 82.1 Å². The van der Waals surface area contributed by atoms with Crippen LogP contribution in [-0.2, 0) is 0 Å². The molecule has 0 aliphatic heterocycles. The van der Waals surface area contributed by atoms with Gasteiger partial charge in [0.2, 0.25) is 0 Å². The standard InChI is InChI=1S/C19H31N/c1-6-8-10-12-14-16-19(17(3)4)20-18(5)15-13-11-9-7-2/h6-7,9-10,12,14-17,19-20H,1,8,11,13H2,2-5H3/b9-7-,12-10-,16-14+,18-15-. The second-order valence-corrected chi connectivity index (χ2v) is 5.29. The fourth-order valence-corrected chi connectivity index (χ4v) is 1.76. The van der Waals surface area contributed by atoms with Crippen molar-refractivity contribution in [3.8, 4) is 0 Å². The molecule has 0 saturated heterocycles. The normalized spacial score (nSPS) is 14.8. The van der Waals surface area contributed by atoms with E-state index in [-0.39, 0.29) is 0 Å². The lowest BCUT2D eigenvalue weighted by molar-refractivity contribution is 0.501. The fraction of sp³-hybridized carbons (Fsp3) is 0.474. The van der Waals surface area contributed by atoms with Crippen LogP contribution in [0.3, 0.4) is 0 Å². The van der Waals surface area contributed by atoms with Crippen LogP contribution in [0.15, 0.2) is 60.9 Å². The molecule has 1 heteroatoms. The van der Waals surface area contributed by atoms with Crippen molar-refractivity contribution in [1.29, 1.82) is 0 Å². The van der Waals surface area contributed by atoms with E-state index in [9.17, 15) is 0 Å². The average Bonchev–Trinajstić information content (AvgIpc) is 2.42. The molecule has 0 heterocycles. The highest BCUT2D eigenvalue weighted by Crippen LogP contribution is 2.07. The second kappa shape index (κ2) is 12.5. The topological polar surface area (TPSA) is 12.0 Å². The maximum absolute atomic E-state index is 3.70. The van der Waals surface area contributed by atoms with Crippen molar-refractivity contribution >= 4 is 0 Å². The molecule has 0 radical (unpaired) electrons. The summed E-state index contributed by atoms with van der Waals surface area (Å²) >= 11 is 0. The van der Waals surface area contributed by atoms with Gasteiger partial charge in [-0.2, -0.15) is 0 Å². The summed E-state index contributed by atoms with van der Waals surface area (Å²) in [4.78, 5) is 0. The summed E-state index contributed by atoms with van der Waals surface area (Å²) in [6, 6.07) is 0.376. The zero-order valence-corrected chi connectivity index (χ0v) is 13.6. The molecule has 0 saturated carbocycles. The Morgan fingerprint density at radius 2 is 1.90 bits per heavy atom. The van der Waals surface area contributed by atoms with Crippen molar-refractivity contribution in [2.45, 2.75) is 53.0 Å². The van der Waals surface area contributed by atoms with Crippen molar-refractivity contribution in [3.63, 3.8) is 0 Å². The molecule has 20 heavy (non-hydrogen) atoms. The van der Waals surface area contributed by atoms with Gasteiger partial charge in [0, 0.05) is 11.7 Å². The molecule has 0 aliphatic rings.